The molecule has 0 aliphatic heterocycles. The number of benzene rings is 1. The molecule has 138 valence electrons. The lowest BCUT2D eigenvalue weighted by Crippen LogP contribution is -2.23. The van der Waals surface area contributed by atoms with Crippen molar-refractivity contribution in [1.29, 1.82) is 0 Å². The van der Waals surface area contributed by atoms with Gasteiger partial charge >= 0.3 is 0 Å². The number of aromatic nitrogens is 2. The Hall–Kier alpha value is -2.62. The molecule has 26 heavy (non-hydrogen) atoms. The van der Waals surface area contributed by atoms with Crippen molar-refractivity contribution in [3.63, 3.8) is 0 Å². The summed E-state index contributed by atoms with van der Waals surface area (Å²) in [5.41, 5.74) is 6.76. The molecule has 4 heteroatoms. The van der Waals surface area contributed by atoms with Gasteiger partial charge in [-0.05, 0) is 56.0 Å². The quantitative estimate of drug-likeness (QED) is 0.669. The molecular weight excluding hydrogens is 320 g/mol. The first kappa shape index (κ1) is 19.7. The molecule has 1 heterocycles. The summed E-state index contributed by atoms with van der Waals surface area (Å²) in [6, 6.07) is 10.3. The van der Waals surface area contributed by atoms with Crippen LogP contribution >= 0.6 is 0 Å². The van der Waals surface area contributed by atoms with Gasteiger partial charge in [-0.3, -0.25) is 0 Å². The average Bonchev–Trinajstić information content (AvgIpc) is 2.64. The number of hydrogen-bond donors (Lipinski definition) is 1. The number of aryl methyl sites for hydroxylation is 2. The highest BCUT2D eigenvalue weighted by atomic mass is 15.1. The highest BCUT2D eigenvalue weighted by Crippen LogP contribution is 2.22. The van der Waals surface area contributed by atoms with Crippen molar-refractivity contribution in [1.82, 2.24) is 15.1 Å². The zero-order valence-corrected chi connectivity index (χ0v) is 16.5. The minimum Gasteiger partial charge on any atom is -0.372 e. The van der Waals surface area contributed by atoms with Gasteiger partial charge in [-0.15, -0.1) is 5.10 Å². The van der Waals surface area contributed by atoms with Gasteiger partial charge in [0.25, 0.3) is 0 Å². The first-order valence-electron chi connectivity index (χ1n) is 9.27. The molecule has 0 unspecified atom stereocenters. The molecule has 0 saturated carbocycles. The van der Waals surface area contributed by atoms with Crippen LogP contribution in [-0.2, 0) is 0 Å². The van der Waals surface area contributed by atoms with Crippen molar-refractivity contribution in [2.24, 2.45) is 0 Å². The first-order valence-corrected chi connectivity index (χ1v) is 9.27. The van der Waals surface area contributed by atoms with Crippen molar-refractivity contribution in [2.45, 2.75) is 40.5 Å². The third-order valence-corrected chi connectivity index (χ3v) is 4.42. The zero-order valence-electron chi connectivity index (χ0n) is 16.5. The molecule has 1 N–H and O–H groups in total. The van der Waals surface area contributed by atoms with Gasteiger partial charge in [-0.1, -0.05) is 39.1 Å². The van der Waals surface area contributed by atoms with Crippen LogP contribution in [-0.4, -0.2) is 28.2 Å². The molecule has 0 radical (unpaired) electrons. The van der Waals surface area contributed by atoms with E-state index in [2.05, 4.69) is 71.7 Å². The van der Waals surface area contributed by atoms with Gasteiger partial charge < -0.3 is 10.2 Å². The second-order valence-corrected chi connectivity index (χ2v) is 6.61. The maximum Gasteiger partial charge on any atom is 0.109 e. The van der Waals surface area contributed by atoms with Crippen LogP contribution in [0.2, 0.25) is 0 Å². The van der Waals surface area contributed by atoms with E-state index in [0.29, 0.717) is 0 Å². The van der Waals surface area contributed by atoms with Crippen molar-refractivity contribution in [3.8, 4) is 0 Å². The standard InChI is InChI=1S/C22H30N4/c1-7-13-26(14-8-2)19(6)20-9-11-21(12-10-20)23-18(5)22-15-16(3)17(4)24-25-22/h9-12,15,23H,5-8,13-14H2,1-4H3. The zero-order chi connectivity index (χ0) is 19.1. The lowest BCUT2D eigenvalue weighted by molar-refractivity contribution is 0.397. The third-order valence-electron chi connectivity index (χ3n) is 4.42. The van der Waals surface area contributed by atoms with E-state index in [1.54, 1.807) is 0 Å². The molecule has 4 nitrogen and oxygen atoms in total. The van der Waals surface area contributed by atoms with Crippen molar-refractivity contribution in [2.75, 3.05) is 18.4 Å². The fraction of sp³-hybridized carbons (Fsp3) is 0.364. The predicted octanol–water partition coefficient (Wildman–Crippen LogP) is 5.27. The minimum absolute atomic E-state index is 0.741. The lowest BCUT2D eigenvalue weighted by atomic mass is 10.1. The average molecular weight is 351 g/mol. The Labute approximate surface area is 157 Å². The van der Waals surface area contributed by atoms with Crippen LogP contribution in [0.3, 0.4) is 0 Å². The molecule has 1 aromatic heterocycles. The molecule has 1 aromatic carbocycles. The van der Waals surface area contributed by atoms with Crippen molar-refractivity contribution >= 4 is 17.1 Å². The largest absolute Gasteiger partial charge is 0.372 e. The fourth-order valence-corrected chi connectivity index (χ4v) is 2.78. The van der Waals surface area contributed by atoms with E-state index in [0.717, 1.165) is 65.5 Å². The van der Waals surface area contributed by atoms with Crippen molar-refractivity contribution in [3.05, 3.63) is 66.0 Å². The molecule has 0 fully saturated rings. The normalized spacial score (nSPS) is 10.5. The van der Waals surface area contributed by atoms with Crippen LogP contribution in [0.25, 0.3) is 11.4 Å². The van der Waals surface area contributed by atoms with Crippen LogP contribution in [0, 0.1) is 13.8 Å². The highest BCUT2D eigenvalue weighted by molar-refractivity contribution is 5.74. The number of hydrogen-bond acceptors (Lipinski definition) is 4. The van der Waals surface area contributed by atoms with E-state index in [9.17, 15) is 0 Å². The molecular formula is C22H30N4. The molecule has 2 rings (SSSR count). The Morgan fingerprint density at radius 2 is 1.62 bits per heavy atom. The molecule has 0 bridgehead atoms. The van der Waals surface area contributed by atoms with E-state index in [1.807, 2.05) is 19.9 Å². The van der Waals surface area contributed by atoms with Gasteiger partial charge in [-0.25, -0.2) is 0 Å². The number of nitrogens with one attached hydrogen (secondary N) is 1. The number of rotatable bonds is 9. The van der Waals surface area contributed by atoms with E-state index < -0.39 is 0 Å². The van der Waals surface area contributed by atoms with Gasteiger partial charge in [0, 0.05) is 24.5 Å². The van der Waals surface area contributed by atoms with E-state index in [4.69, 9.17) is 0 Å². The van der Waals surface area contributed by atoms with Gasteiger partial charge in [0.2, 0.25) is 0 Å². The Balaban J connectivity index is 2.07. The van der Waals surface area contributed by atoms with Gasteiger partial charge in [0.15, 0.2) is 0 Å². The minimum atomic E-state index is 0.741. The smallest absolute Gasteiger partial charge is 0.109 e. The second-order valence-electron chi connectivity index (χ2n) is 6.61. The summed E-state index contributed by atoms with van der Waals surface area (Å²) in [7, 11) is 0. The summed E-state index contributed by atoms with van der Waals surface area (Å²) < 4.78 is 0. The molecule has 0 amide bonds. The third kappa shape index (κ3) is 4.94. The van der Waals surface area contributed by atoms with Gasteiger partial charge in [0.1, 0.15) is 5.69 Å². The topological polar surface area (TPSA) is 41.0 Å². The number of anilines is 1. The fourth-order valence-electron chi connectivity index (χ4n) is 2.78. The molecule has 0 aliphatic carbocycles. The maximum absolute atomic E-state index is 4.29. The monoisotopic (exact) mass is 350 g/mol. The Morgan fingerprint density at radius 3 is 2.15 bits per heavy atom. The maximum atomic E-state index is 4.29. The van der Waals surface area contributed by atoms with Crippen molar-refractivity contribution < 1.29 is 0 Å². The van der Waals surface area contributed by atoms with Crippen LogP contribution in [0.1, 0.15) is 49.2 Å². The lowest BCUT2D eigenvalue weighted by Gasteiger charge is -2.26. The molecule has 0 aliphatic rings. The Morgan fingerprint density at radius 1 is 1.00 bits per heavy atom. The Kier molecular flexibility index (Phi) is 6.96. The molecule has 0 atom stereocenters. The van der Waals surface area contributed by atoms with E-state index >= 15 is 0 Å². The second kappa shape index (κ2) is 9.18. The summed E-state index contributed by atoms with van der Waals surface area (Å²) in [5, 5.41) is 11.7. The van der Waals surface area contributed by atoms with Gasteiger partial charge in [0.05, 0.1) is 11.4 Å². The van der Waals surface area contributed by atoms with Crippen LogP contribution in [0.5, 0.6) is 0 Å². The first-order chi connectivity index (χ1) is 12.5. The van der Waals surface area contributed by atoms with Crippen LogP contribution in [0.15, 0.2) is 43.5 Å². The van der Waals surface area contributed by atoms with Crippen LogP contribution in [0.4, 0.5) is 5.69 Å². The summed E-state index contributed by atoms with van der Waals surface area (Å²) in [4.78, 5) is 2.35. The SMILES string of the molecule is C=C(Nc1ccc(C(=C)N(CCC)CCC)cc1)c1cc(C)c(C)nn1. The molecule has 0 saturated heterocycles. The molecule has 2 aromatic rings. The van der Waals surface area contributed by atoms with E-state index in [-0.39, 0.29) is 0 Å². The Bertz CT molecular complexity index is 756. The molecule has 0 spiro atoms. The highest BCUT2D eigenvalue weighted by Gasteiger charge is 2.09. The summed E-state index contributed by atoms with van der Waals surface area (Å²) in [5.74, 6) is 0. The summed E-state index contributed by atoms with van der Waals surface area (Å²) in [6.45, 7) is 18.8. The van der Waals surface area contributed by atoms with Crippen LogP contribution < -0.4 is 5.32 Å². The predicted molar refractivity (Wildman–Crippen MR) is 112 cm³/mol. The summed E-state index contributed by atoms with van der Waals surface area (Å²) >= 11 is 0. The van der Waals surface area contributed by atoms with E-state index in [1.165, 1.54) is 0 Å². The van der Waals surface area contributed by atoms with Gasteiger partial charge in [-0.2, -0.15) is 5.10 Å². The number of nitrogens with zero attached hydrogens (tertiary/aromatic N) is 3. The summed E-state index contributed by atoms with van der Waals surface area (Å²) in [6.07, 6.45) is 2.24.